The Labute approximate surface area is 131 Å². The van der Waals surface area contributed by atoms with Crippen molar-refractivity contribution in [3.63, 3.8) is 0 Å². The lowest BCUT2D eigenvalue weighted by molar-refractivity contribution is 0.281. The molecule has 0 aliphatic heterocycles. The smallest absolute Gasteiger partial charge is 0.242 e. The Morgan fingerprint density at radius 2 is 2.05 bits per heavy atom. The monoisotopic (exact) mass is 350 g/mol. The van der Waals surface area contributed by atoms with Crippen molar-refractivity contribution >= 4 is 33.2 Å². The fourth-order valence-electron chi connectivity index (χ4n) is 1.60. The van der Waals surface area contributed by atoms with Gasteiger partial charge in [0.05, 0.1) is 18.2 Å². The van der Waals surface area contributed by atoms with E-state index in [-0.39, 0.29) is 33.7 Å². The van der Waals surface area contributed by atoms with Gasteiger partial charge in [-0.05, 0) is 17.7 Å². The fourth-order valence-corrected chi connectivity index (χ4v) is 3.44. The minimum Gasteiger partial charge on any atom is -0.392 e. The highest BCUT2D eigenvalue weighted by Crippen LogP contribution is 2.28. The van der Waals surface area contributed by atoms with Crippen molar-refractivity contribution in [2.75, 3.05) is 0 Å². The molecule has 0 saturated heterocycles. The molecule has 1 aromatic carbocycles. The summed E-state index contributed by atoms with van der Waals surface area (Å²) in [5.74, 6) is 0.327. The van der Waals surface area contributed by atoms with Crippen LogP contribution >= 0.6 is 23.2 Å². The van der Waals surface area contributed by atoms with Gasteiger partial charge < -0.3 is 5.11 Å². The highest BCUT2D eigenvalue weighted by molar-refractivity contribution is 7.89. The zero-order chi connectivity index (χ0) is 15.6. The molecule has 0 aliphatic rings. The summed E-state index contributed by atoms with van der Waals surface area (Å²) < 4.78 is 28.3. The van der Waals surface area contributed by atoms with Crippen LogP contribution in [0.1, 0.15) is 11.4 Å². The molecule has 2 rings (SSSR count). The molecule has 0 radical (unpaired) electrons. The minimum atomic E-state index is -3.87. The fraction of sp³-hybridized carbons (Fsp3) is 0.273. The van der Waals surface area contributed by atoms with Gasteiger partial charge in [0.15, 0.2) is 5.82 Å². The number of halogens is 2. The van der Waals surface area contributed by atoms with Crippen LogP contribution in [0.4, 0.5) is 0 Å². The molecule has 1 aromatic heterocycles. The van der Waals surface area contributed by atoms with E-state index in [1.54, 1.807) is 7.05 Å². The molecule has 114 valence electrons. The standard InChI is InChI=1S/C11H12Cl2N4O3S/c1-17-6-14-11(16-17)4-15-21(19,20)10-2-7(5-18)8(12)3-9(10)13/h2-3,6,15,18H,4-5H2,1H3. The van der Waals surface area contributed by atoms with Crippen LogP contribution in [0.2, 0.25) is 10.0 Å². The van der Waals surface area contributed by atoms with Crippen molar-refractivity contribution in [1.82, 2.24) is 19.5 Å². The number of hydrogen-bond acceptors (Lipinski definition) is 5. The van der Waals surface area contributed by atoms with Gasteiger partial charge in [-0.15, -0.1) is 0 Å². The van der Waals surface area contributed by atoms with Crippen LogP contribution in [0.15, 0.2) is 23.4 Å². The number of benzene rings is 1. The van der Waals surface area contributed by atoms with Crippen molar-refractivity contribution in [3.05, 3.63) is 39.9 Å². The van der Waals surface area contributed by atoms with Crippen LogP contribution in [-0.2, 0) is 30.2 Å². The van der Waals surface area contributed by atoms with Gasteiger partial charge in [0.2, 0.25) is 10.0 Å². The SMILES string of the molecule is Cn1cnc(CNS(=O)(=O)c2cc(CO)c(Cl)cc2Cl)n1. The van der Waals surface area contributed by atoms with Gasteiger partial charge in [0.1, 0.15) is 11.2 Å². The van der Waals surface area contributed by atoms with Crippen LogP contribution in [0.3, 0.4) is 0 Å². The summed E-state index contributed by atoms with van der Waals surface area (Å²) in [6.45, 7) is -0.461. The summed E-state index contributed by atoms with van der Waals surface area (Å²) in [5, 5.41) is 13.3. The molecule has 0 unspecified atom stereocenters. The third-order valence-corrected chi connectivity index (χ3v) is 4.85. The molecule has 0 bridgehead atoms. The van der Waals surface area contributed by atoms with Crippen molar-refractivity contribution in [2.45, 2.75) is 18.0 Å². The molecular weight excluding hydrogens is 339 g/mol. The number of hydrogen-bond donors (Lipinski definition) is 2. The molecular formula is C11H12Cl2N4O3S. The van der Waals surface area contributed by atoms with E-state index >= 15 is 0 Å². The van der Waals surface area contributed by atoms with E-state index in [4.69, 9.17) is 28.3 Å². The van der Waals surface area contributed by atoms with Crippen LogP contribution in [0.25, 0.3) is 0 Å². The van der Waals surface area contributed by atoms with E-state index < -0.39 is 10.0 Å². The van der Waals surface area contributed by atoms with Gasteiger partial charge in [-0.2, -0.15) is 5.10 Å². The van der Waals surface area contributed by atoms with Crippen molar-refractivity contribution in [2.24, 2.45) is 7.05 Å². The average molecular weight is 351 g/mol. The molecule has 0 fully saturated rings. The van der Waals surface area contributed by atoms with Gasteiger partial charge in [-0.3, -0.25) is 4.68 Å². The van der Waals surface area contributed by atoms with E-state index in [1.807, 2.05) is 0 Å². The number of nitrogens with zero attached hydrogens (tertiary/aromatic N) is 3. The number of rotatable bonds is 5. The summed E-state index contributed by atoms with van der Waals surface area (Å²) in [5.41, 5.74) is 0.275. The quantitative estimate of drug-likeness (QED) is 0.841. The number of aryl methyl sites for hydroxylation is 1. The number of aliphatic hydroxyl groups excluding tert-OH is 1. The average Bonchev–Trinajstić information content (AvgIpc) is 2.82. The normalized spacial score (nSPS) is 11.8. The third kappa shape index (κ3) is 3.72. The minimum absolute atomic E-state index is 0.0290. The van der Waals surface area contributed by atoms with Gasteiger partial charge in [-0.1, -0.05) is 23.2 Å². The van der Waals surface area contributed by atoms with Crippen molar-refractivity contribution in [1.29, 1.82) is 0 Å². The highest BCUT2D eigenvalue weighted by atomic mass is 35.5. The Hall–Kier alpha value is -1.19. The molecule has 21 heavy (non-hydrogen) atoms. The molecule has 2 aromatic rings. The van der Waals surface area contributed by atoms with E-state index in [1.165, 1.54) is 23.1 Å². The first kappa shape index (κ1) is 16.2. The lowest BCUT2D eigenvalue weighted by Gasteiger charge is -2.10. The Morgan fingerprint density at radius 3 is 2.62 bits per heavy atom. The number of sulfonamides is 1. The molecule has 0 spiro atoms. The maximum absolute atomic E-state index is 12.2. The van der Waals surface area contributed by atoms with Crippen LogP contribution < -0.4 is 4.72 Å². The van der Waals surface area contributed by atoms with Gasteiger partial charge >= 0.3 is 0 Å². The number of nitrogens with one attached hydrogen (secondary N) is 1. The van der Waals surface area contributed by atoms with Crippen LogP contribution in [0, 0.1) is 0 Å². The summed E-state index contributed by atoms with van der Waals surface area (Å²) in [7, 11) is -2.20. The summed E-state index contributed by atoms with van der Waals surface area (Å²) >= 11 is 11.8. The Balaban J connectivity index is 2.27. The second kappa shape index (κ2) is 6.29. The molecule has 0 saturated carbocycles. The molecule has 2 N–H and O–H groups in total. The summed E-state index contributed by atoms with van der Waals surface area (Å²) in [4.78, 5) is 3.75. The van der Waals surface area contributed by atoms with Crippen LogP contribution in [0.5, 0.6) is 0 Å². The zero-order valence-corrected chi connectivity index (χ0v) is 13.2. The molecule has 1 heterocycles. The Morgan fingerprint density at radius 1 is 1.33 bits per heavy atom. The number of aromatic nitrogens is 3. The summed E-state index contributed by atoms with van der Waals surface area (Å²) in [6.07, 6.45) is 1.46. The second-order valence-corrected chi connectivity index (χ2v) is 6.74. The van der Waals surface area contributed by atoms with Gasteiger partial charge in [0.25, 0.3) is 0 Å². The highest BCUT2D eigenvalue weighted by Gasteiger charge is 2.20. The lowest BCUT2D eigenvalue weighted by atomic mass is 10.2. The zero-order valence-electron chi connectivity index (χ0n) is 10.9. The third-order valence-electron chi connectivity index (χ3n) is 2.63. The maximum atomic E-state index is 12.2. The topological polar surface area (TPSA) is 97.1 Å². The van der Waals surface area contributed by atoms with E-state index in [0.717, 1.165) is 0 Å². The Bertz CT molecular complexity index is 761. The van der Waals surface area contributed by atoms with E-state index in [2.05, 4.69) is 14.8 Å². The maximum Gasteiger partial charge on any atom is 0.242 e. The molecule has 10 heteroatoms. The van der Waals surface area contributed by atoms with Crippen molar-refractivity contribution < 1.29 is 13.5 Å². The summed E-state index contributed by atoms with van der Waals surface area (Å²) in [6, 6.07) is 2.51. The molecule has 0 amide bonds. The predicted octanol–water partition coefficient (Wildman–Crippen LogP) is 1.09. The van der Waals surface area contributed by atoms with E-state index in [0.29, 0.717) is 5.82 Å². The second-order valence-electron chi connectivity index (χ2n) is 4.19. The predicted molar refractivity (Wildman–Crippen MR) is 77.4 cm³/mol. The van der Waals surface area contributed by atoms with Gasteiger partial charge in [0, 0.05) is 12.1 Å². The van der Waals surface area contributed by atoms with Crippen molar-refractivity contribution in [3.8, 4) is 0 Å². The molecule has 0 atom stereocenters. The van der Waals surface area contributed by atoms with E-state index in [9.17, 15) is 8.42 Å². The first-order valence-electron chi connectivity index (χ1n) is 5.76. The largest absolute Gasteiger partial charge is 0.392 e. The lowest BCUT2D eigenvalue weighted by Crippen LogP contribution is -2.24. The van der Waals surface area contributed by atoms with Gasteiger partial charge in [-0.25, -0.2) is 18.1 Å². The molecule has 7 nitrogen and oxygen atoms in total. The Kier molecular flexibility index (Phi) is 4.84. The van der Waals surface area contributed by atoms with Crippen LogP contribution in [-0.4, -0.2) is 28.3 Å². The first-order chi connectivity index (χ1) is 9.83. The first-order valence-corrected chi connectivity index (χ1v) is 8.00. The number of aliphatic hydroxyl groups is 1. The molecule has 0 aliphatic carbocycles.